The van der Waals surface area contributed by atoms with Gasteiger partial charge in [0.15, 0.2) is 0 Å². The van der Waals surface area contributed by atoms with Crippen molar-refractivity contribution in [3.8, 4) is 0 Å². The second-order valence-electron chi connectivity index (χ2n) is 4.53. The number of anilines is 1. The topological polar surface area (TPSA) is 27.3 Å². The van der Waals surface area contributed by atoms with Gasteiger partial charge in [0, 0.05) is 49.5 Å². The summed E-state index contributed by atoms with van der Waals surface area (Å²) in [6.07, 6.45) is 0. The average Bonchev–Trinajstić information content (AvgIpc) is 2.37. The molecule has 0 aliphatic carbocycles. The van der Waals surface area contributed by atoms with Crippen LogP contribution in [-0.2, 0) is 0 Å². The standard InChI is InChI=1S/C13H20ClN3/c1-11(17-7-5-15-6-8-17)10-16-13-4-2-3-12(14)9-13/h2-4,9,11,15-16H,5-8,10H2,1H3. The molecule has 1 aromatic carbocycles. The number of halogens is 1. The number of hydrogen-bond acceptors (Lipinski definition) is 3. The Morgan fingerprint density at radius 2 is 2.18 bits per heavy atom. The van der Waals surface area contributed by atoms with Crippen molar-refractivity contribution in [2.75, 3.05) is 38.0 Å². The van der Waals surface area contributed by atoms with Gasteiger partial charge in [0.25, 0.3) is 0 Å². The summed E-state index contributed by atoms with van der Waals surface area (Å²) in [6, 6.07) is 8.44. The molecule has 1 aliphatic rings. The maximum absolute atomic E-state index is 5.95. The predicted octanol–water partition coefficient (Wildman–Crippen LogP) is 2.05. The molecule has 1 saturated heterocycles. The predicted molar refractivity (Wildman–Crippen MR) is 73.8 cm³/mol. The van der Waals surface area contributed by atoms with Crippen molar-refractivity contribution in [1.29, 1.82) is 0 Å². The number of nitrogens with zero attached hydrogens (tertiary/aromatic N) is 1. The van der Waals surface area contributed by atoms with Crippen LogP contribution in [0, 0.1) is 0 Å². The lowest BCUT2D eigenvalue weighted by atomic mass is 10.2. The Hall–Kier alpha value is -0.770. The molecule has 2 N–H and O–H groups in total. The minimum Gasteiger partial charge on any atom is -0.383 e. The third kappa shape index (κ3) is 3.87. The van der Waals surface area contributed by atoms with Crippen molar-refractivity contribution in [3.63, 3.8) is 0 Å². The molecule has 2 rings (SSSR count). The zero-order valence-electron chi connectivity index (χ0n) is 10.2. The maximum atomic E-state index is 5.95. The van der Waals surface area contributed by atoms with E-state index in [4.69, 9.17) is 11.6 Å². The molecule has 1 aromatic rings. The van der Waals surface area contributed by atoms with E-state index in [9.17, 15) is 0 Å². The Bertz CT molecular complexity index is 350. The monoisotopic (exact) mass is 253 g/mol. The van der Waals surface area contributed by atoms with E-state index in [1.54, 1.807) is 0 Å². The summed E-state index contributed by atoms with van der Waals surface area (Å²) in [7, 11) is 0. The molecule has 1 aliphatic heterocycles. The molecule has 94 valence electrons. The van der Waals surface area contributed by atoms with Crippen molar-refractivity contribution in [2.45, 2.75) is 13.0 Å². The second-order valence-corrected chi connectivity index (χ2v) is 4.96. The molecule has 4 heteroatoms. The van der Waals surface area contributed by atoms with Crippen molar-refractivity contribution in [2.24, 2.45) is 0 Å². The highest BCUT2D eigenvalue weighted by atomic mass is 35.5. The molecule has 1 unspecified atom stereocenters. The summed E-state index contributed by atoms with van der Waals surface area (Å²) >= 11 is 5.95. The lowest BCUT2D eigenvalue weighted by molar-refractivity contribution is 0.191. The van der Waals surface area contributed by atoms with Crippen LogP contribution in [0.2, 0.25) is 5.02 Å². The first-order valence-corrected chi connectivity index (χ1v) is 6.58. The molecule has 0 spiro atoms. The summed E-state index contributed by atoms with van der Waals surface area (Å²) < 4.78 is 0. The SMILES string of the molecule is CC(CNc1cccc(Cl)c1)N1CCNCC1. The zero-order chi connectivity index (χ0) is 12.1. The Morgan fingerprint density at radius 1 is 1.41 bits per heavy atom. The van der Waals surface area contributed by atoms with Gasteiger partial charge in [0.2, 0.25) is 0 Å². The molecule has 0 bridgehead atoms. The largest absolute Gasteiger partial charge is 0.383 e. The smallest absolute Gasteiger partial charge is 0.0426 e. The molecule has 3 nitrogen and oxygen atoms in total. The van der Waals surface area contributed by atoms with Crippen LogP contribution >= 0.6 is 11.6 Å². The molecular weight excluding hydrogens is 234 g/mol. The van der Waals surface area contributed by atoms with Crippen LogP contribution in [0.1, 0.15) is 6.92 Å². The quantitative estimate of drug-likeness (QED) is 0.860. The summed E-state index contributed by atoms with van der Waals surface area (Å²) in [4.78, 5) is 2.51. The van der Waals surface area contributed by atoms with E-state index in [-0.39, 0.29) is 0 Å². The highest BCUT2D eigenvalue weighted by molar-refractivity contribution is 6.30. The van der Waals surface area contributed by atoms with Gasteiger partial charge in [0.05, 0.1) is 0 Å². The van der Waals surface area contributed by atoms with Crippen molar-refractivity contribution >= 4 is 17.3 Å². The molecule has 17 heavy (non-hydrogen) atoms. The molecule has 1 fully saturated rings. The maximum Gasteiger partial charge on any atom is 0.0426 e. The van der Waals surface area contributed by atoms with E-state index in [0.29, 0.717) is 6.04 Å². The lowest BCUT2D eigenvalue weighted by Gasteiger charge is -2.33. The van der Waals surface area contributed by atoms with Crippen LogP contribution in [0.5, 0.6) is 0 Å². The van der Waals surface area contributed by atoms with Gasteiger partial charge in [-0.25, -0.2) is 0 Å². The summed E-state index contributed by atoms with van der Waals surface area (Å²) in [6.45, 7) is 7.70. The van der Waals surface area contributed by atoms with E-state index in [1.165, 1.54) is 0 Å². The molecular formula is C13H20ClN3. The minimum absolute atomic E-state index is 0.552. The van der Waals surface area contributed by atoms with Crippen LogP contribution in [-0.4, -0.2) is 43.7 Å². The molecule has 1 heterocycles. The first kappa shape index (κ1) is 12.7. The first-order chi connectivity index (χ1) is 8.25. The molecule has 0 saturated carbocycles. The molecule has 0 radical (unpaired) electrons. The van der Waals surface area contributed by atoms with E-state index < -0.39 is 0 Å². The molecule has 0 aromatic heterocycles. The van der Waals surface area contributed by atoms with Crippen LogP contribution in [0.3, 0.4) is 0 Å². The number of rotatable bonds is 4. The normalized spacial score (nSPS) is 18.9. The lowest BCUT2D eigenvalue weighted by Crippen LogP contribution is -2.49. The summed E-state index contributed by atoms with van der Waals surface area (Å²) in [5.41, 5.74) is 1.10. The van der Waals surface area contributed by atoms with Gasteiger partial charge in [-0.2, -0.15) is 0 Å². The van der Waals surface area contributed by atoms with E-state index in [0.717, 1.165) is 43.4 Å². The number of piperazine rings is 1. The van der Waals surface area contributed by atoms with Gasteiger partial charge in [-0.15, -0.1) is 0 Å². The van der Waals surface area contributed by atoms with Crippen molar-refractivity contribution in [1.82, 2.24) is 10.2 Å². The Kier molecular flexibility index (Phi) is 4.66. The number of benzene rings is 1. The van der Waals surface area contributed by atoms with Gasteiger partial charge < -0.3 is 10.6 Å². The Morgan fingerprint density at radius 3 is 2.88 bits per heavy atom. The third-order valence-corrected chi connectivity index (χ3v) is 3.44. The van der Waals surface area contributed by atoms with E-state index >= 15 is 0 Å². The third-order valence-electron chi connectivity index (χ3n) is 3.20. The second kappa shape index (κ2) is 6.24. The van der Waals surface area contributed by atoms with Crippen LogP contribution in [0.25, 0.3) is 0 Å². The molecule has 0 amide bonds. The molecule has 1 atom stereocenters. The zero-order valence-corrected chi connectivity index (χ0v) is 11.0. The van der Waals surface area contributed by atoms with Gasteiger partial charge in [0.1, 0.15) is 0 Å². The van der Waals surface area contributed by atoms with E-state index in [1.807, 2.05) is 18.2 Å². The summed E-state index contributed by atoms with van der Waals surface area (Å²) in [5.74, 6) is 0. The number of nitrogens with one attached hydrogen (secondary N) is 2. The fourth-order valence-electron chi connectivity index (χ4n) is 2.12. The first-order valence-electron chi connectivity index (χ1n) is 6.20. The Labute approximate surface area is 108 Å². The van der Waals surface area contributed by atoms with Crippen LogP contribution in [0.4, 0.5) is 5.69 Å². The van der Waals surface area contributed by atoms with Crippen molar-refractivity contribution < 1.29 is 0 Å². The van der Waals surface area contributed by atoms with E-state index in [2.05, 4.69) is 28.5 Å². The van der Waals surface area contributed by atoms with Crippen LogP contribution in [0.15, 0.2) is 24.3 Å². The highest BCUT2D eigenvalue weighted by Crippen LogP contribution is 2.15. The fourth-order valence-corrected chi connectivity index (χ4v) is 2.31. The minimum atomic E-state index is 0.552. The van der Waals surface area contributed by atoms with Gasteiger partial charge >= 0.3 is 0 Å². The highest BCUT2D eigenvalue weighted by Gasteiger charge is 2.15. The number of hydrogen-bond donors (Lipinski definition) is 2. The Balaban J connectivity index is 1.80. The van der Waals surface area contributed by atoms with Gasteiger partial charge in [-0.1, -0.05) is 17.7 Å². The summed E-state index contributed by atoms with van der Waals surface area (Å²) in [5, 5.41) is 7.59. The van der Waals surface area contributed by atoms with Gasteiger partial charge in [-0.05, 0) is 25.1 Å². The van der Waals surface area contributed by atoms with Crippen molar-refractivity contribution in [3.05, 3.63) is 29.3 Å². The average molecular weight is 254 g/mol. The van der Waals surface area contributed by atoms with Crippen LogP contribution < -0.4 is 10.6 Å². The fraction of sp³-hybridized carbons (Fsp3) is 0.538. The van der Waals surface area contributed by atoms with Gasteiger partial charge in [-0.3, -0.25) is 4.90 Å².